The largest absolute Gasteiger partial charge is 0.393 e. The van der Waals surface area contributed by atoms with Gasteiger partial charge in [0.1, 0.15) is 0 Å². The molecule has 1 fully saturated rings. The molecule has 1 saturated carbocycles. The van der Waals surface area contributed by atoms with E-state index in [1.54, 1.807) is 0 Å². The quantitative estimate of drug-likeness (QED) is 0.848. The molecule has 2 rings (SSSR count). The van der Waals surface area contributed by atoms with Gasteiger partial charge in [0.25, 0.3) is 0 Å². The van der Waals surface area contributed by atoms with Crippen molar-refractivity contribution >= 4 is 23.2 Å². The SMILES string of the molecule is OC1CCCC(Cc2c(Cl)cccc2Cl)C1. The fourth-order valence-electron chi connectivity index (χ4n) is 2.46. The molecule has 1 nitrogen and oxygen atoms in total. The smallest absolute Gasteiger partial charge is 0.0543 e. The molecule has 3 heteroatoms. The van der Waals surface area contributed by atoms with Gasteiger partial charge in [-0.3, -0.25) is 0 Å². The van der Waals surface area contributed by atoms with Gasteiger partial charge in [-0.05, 0) is 49.3 Å². The van der Waals surface area contributed by atoms with Gasteiger partial charge in [-0.1, -0.05) is 35.7 Å². The standard InChI is InChI=1S/C13H16Cl2O/c14-12-5-2-6-13(15)11(12)8-9-3-1-4-10(16)7-9/h2,5-6,9-10,16H,1,3-4,7-8H2. The summed E-state index contributed by atoms with van der Waals surface area (Å²) in [6.45, 7) is 0. The monoisotopic (exact) mass is 258 g/mol. The number of aliphatic hydroxyl groups excluding tert-OH is 1. The third-order valence-corrected chi connectivity index (χ3v) is 4.02. The lowest BCUT2D eigenvalue weighted by Crippen LogP contribution is -2.21. The summed E-state index contributed by atoms with van der Waals surface area (Å²) >= 11 is 12.3. The van der Waals surface area contributed by atoms with Gasteiger partial charge in [-0.2, -0.15) is 0 Å². The lowest BCUT2D eigenvalue weighted by Gasteiger charge is -2.26. The minimum absolute atomic E-state index is 0.139. The van der Waals surface area contributed by atoms with Gasteiger partial charge in [0.2, 0.25) is 0 Å². The maximum Gasteiger partial charge on any atom is 0.0543 e. The highest BCUT2D eigenvalue weighted by molar-refractivity contribution is 6.35. The first-order chi connectivity index (χ1) is 7.66. The first-order valence-electron chi connectivity index (χ1n) is 5.77. The molecular formula is C13H16Cl2O. The van der Waals surface area contributed by atoms with Gasteiger partial charge in [-0.15, -0.1) is 0 Å². The number of aliphatic hydroxyl groups is 1. The fourth-order valence-corrected chi connectivity index (χ4v) is 3.02. The van der Waals surface area contributed by atoms with Crippen LogP contribution in [0.15, 0.2) is 18.2 Å². The van der Waals surface area contributed by atoms with Crippen LogP contribution in [0.2, 0.25) is 10.0 Å². The Morgan fingerprint density at radius 3 is 2.50 bits per heavy atom. The molecule has 1 aromatic rings. The van der Waals surface area contributed by atoms with Gasteiger partial charge in [0.15, 0.2) is 0 Å². The number of rotatable bonds is 2. The van der Waals surface area contributed by atoms with Crippen molar-refractivity contribution < 1.29 is 5.11 Å². The van der Waals surface area contributed by atoms with E-state index in [4.69, 9.17) is 23.2 Å². The molecule has 16 heavy (non-hydrogen) atoms. The topological polar surface area (TPSA) is 20.2 Å². The third kappa shape index (κ3) is 2.91. The summed E-state index contributed by atoms with van der Waals surface area (Å²) in [5.74, 6) is 0.515. The third-order valence-electron chi connectivity index (χ3n) is 3.31. The highest BCUT2D eigenvalue weighted by Crippen LogP contribution is 2.32. The maximum atomic E-state index is 9.63. The van der Waals surface area contributed by atoms with Crippen molar-refractivity contribution in [3.05, 3.63) is 33.8 Å². The van der Waals surface area contributed by atoms with E-state index in [9.17, 15) is 5.11 Å². The van der Waals surface area contributed by atoms with E-state index in [2.05, 4.69) is 0 Å². The molecule has 0 amide bonds. The predicted octanol–water partition coefficient (Wildman–Crippen LogP) is 4.09. The molecule has 1 aliphatic carbocycles. The number of hydrogen-bond acceptors (Lipinski definition) is 1. The molecule has 0 aromatic heterocycles. The zero-order chi connectivity index (χ0) is 11.5. The Morgan fingerprint density at radius 2 is 1.88 bits per heavy atom. The molecule has 2 unspecified atom stereocenters. The molecule has 0 heterocycles. The normalized spacial score (nSPS) is 25.7. The second kappa shape index (κ2) is 5.39. The molecular weight excluding hydrogens is 243 g/mol. The van der Waals surface area contributed by atoms with Gasteiger partial charge < -0.3 is 5.11 Å². The minimum atomic E-state index is -0.139. The second-order valence-electron chi connectivity index (χ2n) is 4.59. The van der Waals surface area contributed by atoms with Crippen LogP contribution in [-0.2, 0) is 6.42 Å². The van der Waals surface area contributed by atoms with Crippen molar-refractivity contribution in [3.8, 4) is 0 Å². The molecule has 0 bridgehead atoms. The van der Waals surface area contributed by atoms with Crippen LogP contribution >= 0.6 is 23.2 Å². The van der Waals surface area contributed by atoms with Crippen molar-refractivity contribution in [1.82, 2.24) is 0 Å². The van der Waals surface area contributed by atoms with Crippen LogP contribution in [0.3, 0.4) is 0 Å². The van der Waals surface area contributed by atoms with Gasteiger partial charge >= 0.3 is 0 Å². The van der Waals surface area contributed by atoms with Crippen LogP contribution in [0.1, 0.15) is 31.2 Å². The zero-order valence-electron chi connectivity index (χ0n) is 9.13. The van der Waals surface area contributed by atoms with E-state index in [1.165, 1.54) is 6.42 Å². The van der Waals surface area contributed by atoms with Crippen LogP contribution in [0.5, 0.6) is 0 Å². The Balaban J connectivity index is 2.08. The van der Waals surface area contributed by atoms with E-state index in [-0.39, 0.29) is 6.10 Å². The van der Waals surface area contributed by atoms with Crippen molar-refractivity contribution in [2.75, 3.05) is 0 Å². The summed E-state index contributed by atoms with van der Waals surface area (Å²) in [6.07, 6.45) is 4.83. The zero-order valence-corrected chi connectivity index (χ0v) is 10.6. The lowest BCUT2D eigenvalue weighted by molar-refractivity contribution is 0.101. The highest BCUT2D eigenvalue weighted by atomic mass is 35.5. The van der Waals surface area contributed by atoms with Crippen LogP contribution in [0, 0.1) is 5.92 Å². The number of benzene rings is 1. The summed E-state index contributed by atoms with van der Waals surface area (Å²) in [5.41, 5.74) is 1.03. The van der Waals surface area contributed by atoms with E-state index in [0.717, 1.165) is 41.3 Å². The molecule has 0 saturated heterocycles. The number of halogens is 2. The Kier molecular flexibility index (Phi) is 4.12. The first-order valence-corrected chi connectivity index (χ1v) is 6.53. The molecule has 0 spiro atoms. The Bertz CT molecular complexity index is 345. The van der Waals surface area contributed by atoms with Crippen molar-refractivity contribution in [2.24, 2.45) is 5.92 Å². The first kappa shape index (κ1) is 12.2. The lowest BCUT2D eigenvalue weighted by atomic mass is 9.83. The predicted molar refractivity (Wildman–Crippen MR) is 68.1 cm³/mol. The Labute approximate surface area is 106 Å². The van der Waals surface area contributed by atoms with Gasteiger partial charge in [-0.25, -0.2) is 0 Å². The van der Waals surface area contributed by atoms with Crippen LogP contribution < -0.4 is 0 Å². The van der Waals surface area contributed by atoms with E-state index in [1.807, 2.05) is 18.2 Å². The van der Waals surface area contributed by atoms with Gasteiger partial charge in [0.05, 0.1) is 6.10 Å². The number of hydrogen-bond donors (Lipinski definition) is 1. The average Bonchev–Trinajstić information content (AvgIpc) is 2.24. The van der Waals surface area contributed by atoms with Crippen molar-refractivity contribution in [2.45, 2.75) is 38.2 Å². The average molecular weight is 259 g/mol. The summed E-state index contributed by atoms with van der Waals surface area (Å²) < 4.78 is 0. The molecule has 1 aliphatic rings. The molecule has 1 aromatic carbocycles. The second-order valence-corrected chi connectivity index (χ2v) is 5.41. The Hall–Kier alpha value is -0.240. The highest BCUT2D eigenvalue weighted by Gasteiger charge is 2.21. The van der Waals surface area contributed by atoms with Crippen LogP contribution in [0.25, 0.3) is 0 Å². The molecule has 88 valence electrons. The summed E-state index contributed by atoms with van der Waals surface area (Å²) in [7, 11) is 0. The summed E-state index contributed by atoms with van der Waals surface area (Å²) in [6, 6.07) is 5.62. The van der Waals surface area contributed by atoms with Gasteiger partial charge in [0, 0.05) is 10.0 Å². The van der Waals surface area contributed by atoms with E-state index >= 15 is 0 Å². The minimum Gasteiger partial charge on any atom is -0.393 e. The fraction of sp³-hybridized carbons (Fsp3) is 0.538. The van der Waals surface area contributed by atoms with E-state index < -0.39 is 0 Å². The summed E-state index contributed by atoms with van der Waals surface area (Å²) in [5, 5.41) is 11.1. The van der Waals surface area contributed by atoms with Crippen LogP contribution in [0.4, 0.5) is 0 Å². The molecule has 0 radical (unpaired) electrons. The van der Waals surface area contributed by atoms with Crippen molar-refractivity contribution in [1.29, 1.82) is 0 Å². The Morgan fingerprint density at radius 1 is 1.19 bits per heavy atom. The molecule has 1 N–H and O–H groups in total. The van der Waals surface area contributed by atoms with E-state index in [0.29, 0.717) is 5.92 Å². The molecule has 0 aliphatic heterocycles. The van der Waals surface area contributed by atoms with Crippen LogP contribution in [-0.4, -0.2) is 11.2 Å². The van der Waals surface area contributed by atoms with Crippen molar-refractivity contribution in [3.63, 3.8) is 0 Å². The molecule has 2 atom stereocenters. The maximum absolute atomic E-state index is 9.63. The summed E-state index contributed by atoms with van der Waals surface area (Å²) in [4.78, 5) is 0.